The molecule has 0 radical (unpaired) electrons. The lowest BCUT2D eigenvalue weighted by atomic mass is 9.84. The van der Waals surface area contributed by atoms with Crippen molar-refractivity contribution in [1.82, 2.24) is 4.31 Å². The Kier molecular flexibility index (Phi) is 15.1. The number of sulfonamides is 1. The Hall–Kier alpha value is -3.08. The van der Waals surface area contributed by atoms with Crippen LogP contribution in [-0.2, 0) is 19.6 Å². The van der Waals surface area contributed by atoms with Crippen molar-refractivity contribution in [3.05, 3.63) is 0 Å². The number of carbonyl (C=O) groups is 2. The lowest BCUT2D eigenvalue weighted by Crippen LogP contribution is -2.79. The molecular weight excluding hydrogens is 957 g/mol. The molecule has 0 aliphatic carbocycles. The van der Waals surface area contributed by atoms with Crippen LogP contribution in [0.25, 0.3) is 0 Å². The number of rotatable bonds is 23. The topological polar surface area (TPSA) is 112 Å². The number of quaternary nitrogens is 1. The lowest BCUT2D eigenvalue weighted by molar-refractivity contribution is -0.889. The summed E-state index contributed by atoms with van der Waals surface area (Å²) >= 11 is 0. The van der Waals surface area contributed by atoms with E-state index in [4.69, 9.17) is 10.2 Å². The van der Waals surface area contributed by atoms with Gasteiger partial charge in [-0.15, -0.1) is 0 Å². The minimum absolute atomic E-state index is 0.447. The van der Waals surface area contributed by atoms with Crippen LogP contribution in [0.15, 0.2) is 0 Å². The van der Waals surface area contributed by atoms with Gasteiger partial charge in [0.15, 0.2) is 0 Å². The van der Waals surface area contributed by atoms with E-state index in [2.05, 4.69) is 0 Å². The molecule has 36 heteroatoms. The predicted molar refractivity (Wildman–Crippen MR) is 137 cm³/mol. The fourth-order valence-electron chi connectivity index (χ4n) is 4.22. The van der Waals surface area contributed by atoms with E-state index in [0.29, 0.717) is 0 Å². The first-order valence-corrected chi connectivity index (χ1v) is 16.0. The van der Waals surface area contributed by atoms with Crippen LogP contribution in [0.4, 0.5) is 119 Å². The molecule has 0 spiro atoms. The Morgan fingerprint density at radius 3 is 0.967 bits per heavy atom. The zero-order valence-electron chi connectivity index (χ0n) is 28.5. The van der Waals surface area contributed by atoms with Crippen LogP contribution < -0.4 is 0 Å². The molecule has 0 saturated carbocycles. The van der Waals surface area contributed by atoms with E-state index in [1.165, 1.54) is 0 Å². The molecule has 0 aromatic carbocycles. The van der Waals surface area contributed by atoms with Crippen LogP contribution in [0, 0.1) is 0 Å². The Morgan fingerprint density at radius 1 is 0.433 bits per heavy atom. The number of hydrogen-bond acceptors (Lipinski definition) is 4. The van der Waals surface area contributed by atoms with Crippen LogP contribution in [0.1, 0.15) is 19.3 Å². The van der Waals surface area contributed by atoms with Crippen LogP contribution >= 0.6 is 0 Å². The Balaban J connectivity index is 7.52. The molecule has 60 heavy (non-hydrogen) atoms. The first kappa shape index (κ1) is 56.9. The van der Waals surface area contributed by atoms with Gasteiger partial charge in [0, 0.05) is 19.5 Å². The molecule has 0 aromatic heterocycles. The van der Waals surface area contributed by atoms with Crippen molar-refractivity contribution >= 4 is 22.0 Å². The van der Waals surface area contributed by atoms with E-state index in [1.54, 1.807) is 0 Å². The van der Waals surface area contributed by atoms with Crippen LogP contribution in [-0.4, -0.2) is 156 Å². The molecule has 0 amide bonds. The summed E-state index contributed by atoms with van der Waals surface area (Å²) in [6, 6.07) is 0. The molecular formula is C24H22F27N2O6S+. The summed E-state index contributed by atoms with van der Waals surface area (Å²) in [6.45, 7) is -5.08. The minimum Gasteiger partial charge on any atom is -0.481 e. The van der Waals surface area contributed by atoms with Gasteiger partial charge in [0.05, 0.1) is 40.0 Å². The van der Waals surface area contributed by atoms with Gasteiger partial charge >= 0.3 is 88.5 Å². The maximum absolute atomic E-state index is 14.8. The highest BCUT2D eigenvalue weighted by Crippen LogP contribution is 2.68. The fourth-order valence-corrected chi connectivity index (χ4v) is 5.69. The summed E-state index contributed by atoms with van der Waals surface area (Å²) in [7, 11) is -5.91. The smallest absolute Gasteiger partial charge is 0.460 e. The number of nitrogens with zero attached hydrogens (tertiary/aromatic N) is 2. The van der Waals surface area contributed by atoms with Gasteiger partial charge in [0.1, 0.15) is 0 Å². The molecule has 0 aliphatic rings. The number of hydrogen-bond donors (Lipinski definition) is 2. The lowest BCUT2D eigenvalue weighted by Gasteiger charge is -2.46. The van der Waals surface area contributed by atoms with Crippen molar-refractivity contribution in [2.75, 3.05) is 40.3 Å². The highest BCUT2D eigenvalue weighted by molar-refractivity contribution is 7.90. The van der Waals surface area contributed by atoms with Gasteiger partial charge in [-0.1, -0.05) is 0 Å². The monoisotopic (exact) mass is 979 g/mol. The van der Waals surface area contributed by atoms with E-state index in [1.807, 2.05) is 0 Å². The number of halogens is 27. The molecule has 0 aromatic rings. The first-order chi connectivity index (χ1) is 25.7. The van der Waals surface area contributed by atoms with Gasteiger partial charge < -0.3 is 14.7 Å². The second-order valence-corrected chi connectivity index (χ2v) is 14.7. The third-order valence-corrected chi connectivity index (χ3v) is 9.96. The minimum atomic E-state index is -9.99. The van der Waals surface area contributed by atoms with Crippen molar-refractivity contribution in [1.29, 1.82) is 0 Å². The SMILES string of the molecule is C[N+](C)(CCCN(CCC(=O)O)S(=O)(=O)C(F)(F)C(F)(F)C(F)(F)C(F)(F)C(F)(F)C(F)(F)C(F)(F)C(F)(F)C(F)(F)C(F)(F)C(F)(F)C(F)(F)C(F)(F)F)CCC(=O)O. The Labute approximate surface area is 314 Å². The summed E-state index contributed by atoms with van der Waals surface area (Å²) in [5.41, 5.74) is 0. The van der Waals surface area contributed by atoms with E-state index in [9.17, 15) is 137 Å². The predicted octanol–water partition coefficient (Wildman–Crippen LogP) is 8.18. The maximum atomic E-state index is 14.8. The molecule has 0 saturated heterocycles. The number of carboxylic acids is 2. The van der Waals surface area contributed by atoms with E-state index < -0.39 is 153 Å². The average molecular weight is 979 g/mol. The highest BCUT2D eigenvalue weighted by atomic mass is 32.2. The van der Waals surface area contributed by atoms with E-state index in [0.717, 1.165) is 14.1 Å². The second-order valence-electron chi connectivity index (χ2n) is 12.8. The van der Waals surface area contributed by atoms with Crippen molar-refractivity contribution in [2.24, 2.45) is 0 Å². The van der Waals surface area contributed by atoms with Gasteiger partial charge in [0.25, 0.3) is 10.0 Å². The maximum Gasteiger partial charge on any atom is 0.460 e. The molecule has 2 N–H and O–H groups in total. The van der Waals surface area contributed by atoms with Crippen LogP contribution in [0.5, 0.6) is 0 Å². The summed E-state index contributed by atoms with van der Waals surface area (Å²) in [6.07, 6.45) is -12.0. The zero-order chi connectivity index (χ0) is 49.2. The van der Waals surface area contributed by atoms with E-state index >= 15 is 0 Å². The van der Waals surface area contributed by atoms with Gasteiger partial charge in [-0.3, -0.25) is 9.59 Å². The molecule has 0 aliphatic heterocycles. The van der Waals surface area contributed by atoms with Crippen LogP contribution in [0.3, 0.4) is 0 Å². The molecule has 0 fully saturated rings. The van der Waals surface area contributed by atoms with Crippen molar-refractivity contribution in [3.8, 4) is 0 Å². The number of aliphatic carboxylic acids is 2. The molecule has 358 valence electrons. The van der Waals surface area contributed by atoms with Crippen LogP contribution in [0.2, 0.25) is 0 Å². The third kappa shape index (κ3) is 8.39. The third-order valence-electron chi connectivity index (χ3n) is 8.01. The number of carboxylic acid groups (broad SMARTS) is 2. The molecule has 0 rings (SSSR count). The first-order valence-electron chi connectivity index (χ1n) is 14.5. The second kappa shape index (κ2) is 15.9. The standard InChI is InChI=1S/C24H21F27N2O6S/c1-53(2,9-5-11(56)57)8-3-6-52(7-4-10(54)55)60(58,59)24(50,51)22(45,46)20(41,42)18(37,38)16(33,34)14(29,30)12(25,26)13(27,28)15(31,32)17(35,36)19(39,40)21(43,44)23(47,48)49/h3-9H2,1-2H3,(H-,54,55,56,57)/p+1. The molecule has 0 bridgehead atoms. The largest absolute Gasteiger partial charge is 0.481 e. The van der Waals surface area contributed by atoms with Gasteiger partial charge in [0.2, 0.25) is 0 Å². The van der Waals surface area contributed by atoms with Gasteiger partial charge in [-0.05, 0) is 0 Å². The Bertz CT molecular complexity index is 1680. The molecule has 0 unspecified atom stereocenters. The normalized spacial score (nSPS) is 16.1. The number of alkyl halides is 27. The quantitative estimate of drug-likeness (QED) is 0.0790. The summed E-state index contributed by atoms with van der Waals surface area (Å²) < 4.78 is 396. The zero-order valence-corrected chi connectivity index (χ0v) is 29.3. The van der Waals surface area contributed by atoms with E-state index in [-0.39, 0.29) is 0 Å². The molecule has 0 atom stereocenters. The van der Waals surface area contributed by atoms with Crippen molar-refractivity contribution in [3.63, 3.8) is 0 Å². The average Bonchev–Trinajstić information content (AvgIpc) is 3.03. The van der Waals surface area contributed by atoms with Crippen molar-refractivity contribution in [2.45, 2.75) is 95.8 Å². The summed E-state index contributed by atoms with van der Waals surface area (Å²) in [4.78, 5) is 21.6. The van der Waals surface area contributed by atoms with Gasteiger partial charge in [-0.25, -0.2) is 8.42 Å². The van der Waals surface area contributed by atoms with Crippen molar-refractivity contribution < 1.29 is 151 Å². The summed E-state index contributed by atoms with van der Waals surface area (Å²) in [5, 5.41) is 9.13. The molecule has 8 nitrogen and oxygen atoms in total. The summed E-state index contributed by atoms with van der Waals surface area (Å²) in [5.74, 6) is -109. The Morgan fingerprint density at radius 2 is 0.700 bits per heavy atom. The highest BCUT2D eigenvalue weighted by Gasteiger charge is 3.00. The van der Waals surface area contributed by atoms with Gasteiger partial charge in [-0.2, -0.15) is 123 Å². The fraction of sp³-hybridized carbons (Fsp3) is 0.917. The molecule has 0 heterocycles.